The van der Waals surface area contributed by atoms with Crippen LogP contribution in [-0.2, 0) is 9.59 Å². The van der Waals surface area contributed by atoms with E-state index in [1.54, 1.807) is 13.0 Å². The van der Waals surface area contributed by atoms with Gasteiger partial charge in [-0.05, 0) is 31.9 Å². The summed E-state index contributed by atoms with van der Waals surface area (Å²) in [4.78, 5) is 22.3. The average Bonchev–Trinajstić information content (AvgIpc) is 2.34. The molecule has 0 heterocycles. The Morgan fingerprint density at radius 1 is 1.37 bits per heavy atom. The number of benzene rings is 1. The second-order valence-electron chi connectivity index (χ2n) is 4.42. The van der Waals surface area contributed by atoms with Crippen LogP contribution in [0.5, 0.6) is 5.75 Å². The molecule has 0 radical (unpaired) electrons. The Morgan fingerprint density at radius 3 is 2.58 bits per heavy atom. The molecule has 0 bridgehead atoms. The third-order valence-electron chi connectivity index (χ3n) is 2.73. The van der Waals surface area contributed by atoms with Crippen LogP contribution in [0.25, 0.3) is 0 Å². The van der Waals surface area contributed by atoms with Gasteiger partial charge in [-0.1, -0.05) is 24.6 Å². The maximum atomic E-state index is 11.6. The molecule has 19 heavy (non-hydrogen) atoms. The molecule has 0 aromatic heterocycles. The van der Waals surface area contributed by atoms with E-state index in [2.05, 4.69) is 5.32 Å². The molecule has 1 rings (SSSR count). The Morgan fingerprint density at radius 2 is 2.05 bits per heavy atom. The van der Waals surface area contributed by atoms with Gasteiger partial charge in [-0.15, -0.1) is 0 Å². The van der Waals surface area contributed by atoms with Gasteiger partial charge in [0.15, 0.2) is 6.61 Å². The number of amides is 1. The van der Waals surface area contributed by atoms with E-state index < -0.39 is 17.9 Å². The van der Waals surface area contributed by atoms with Gasteiger partial charge < -0.3 is 15.2 Å². The fourth-order valence-corrected chi connectivity index (χ4v) is 1.68. The normalized spacial score (nSPS) is 11.7. The van der Waals surface area contributed by atoms with E-state index in [-0.39, 0.29) is 6.61 Å². The summed E-state index contributed by atoms with van der Waals surface area (Å²) in [5.74, 6) is -0.847. The highest BCUT2D eigenvalue weighted by Crippen LogP contribution is 2.18. The molecule has 5 nitrogen and oxygen atoms in total. The Kier molecular flexibility index (Phi) is 5.36. The van der Waals surface area contributed by atoms with E-state index in [1.165, 1.54) is 0 Å². The number of rotatable bonds is 6. The van der Waals surface area contributed by atoms with E-state index in [0.717, 1.165) is 11.1 Å². The first-order valence-electron chi connectivity index (χ1n) is 6.16. The Bertz CT molecular complexity index is 471. The maximum Gasteiger partial charge on any atom is 0.326 e. The third-order valence-corrected chi connectivity index (χ3v) is 2.73. The maximum absolute atomic E-state index is 11.6. The minimum absolute atomic E-state index is 0.187. The van der Waals surface area contributed by atoms with Crippen LogP contribution >= 0.6 is 0 Å². The van der Waals surface area contributed by atoms with E-state index in [1.807, 2.05) is 26.0 Å². The van der Waals surface area contributed by atoms with Crippen LogP contribution < -0.4 is 10.1 Å². The van der Waals surface area contributed by atoms with Crippen molar-refractivity contribution in [3.05, 3.63) is 29.3 Å². The zero-order valence-corrected chi connectivity index (χ0v) is 11.4. The molecule has 0 spiro atoms. The first-order chi connectivity index (χ1) is 8.93. The molecule has 0 aliphatic heterocycles. The number of carboxylic acids is 1. The second-order valence-corrected chi connectivity index (χ2v) is 4.42. The highest BCUT2D eigenvalue weighted by Gasteiger charge is 2.17. The van der Waals surface area contributed by atoms with Gasteiger partial charge >= 0.3 is 5.97 Å². The Balaban J connectivity index is 2.52. The molecule has 5 heteroatoms. The van der Waals surface area contributed by atoms with Crippen LogP contribution in [0.1, 0.15) is 24.5 Å². The van der Waals surface area contributed by atoms with Crippen LogP contribution in [0.15, 0.2) is 18.2 Å². The summed E-state index contributed by atoms with van der Waals surface area (Å²) in [5.41, 5.74) is 2.06. The van der Waals surface area contributed by atoms with Gasteiger partial charge in [0.2, 0.25) is 0 Å². The predicted octanol–water partition coefficient (Wildman–Crippen LogP) is 1.66. The van der Waals surface area contributed by atoms with E-state index in [0.29, 0.717) is 12.2 Å². The molecule has 1 amide bonds. The monoisotopic (exact) mass is 265 g/mol. The molecule has 1 atom stereocenters. The van der Waals surface area contributed by atoms with Crippen LogP contribution in [-0.4, -0.2) is 29.6 Å². The summed E-state index contributed by atoms with van der Waals surface area (Å²) < 4.78 is 5.37. The number of ether oxygens (including phenoxy) is 1. The SMILES string of the molecule is CC[C@H](NC(=O)COc1ccc(C)cc1C)C(=O)O. The first-order valence-corrected chi connectivity index (χ1v) is 6.16. The van der Waals surface area contributed by atoms with Gasteiger partial charge in [0.05, 0.1) is 0 Å². The number of aryl methyl sites for hydroxylation is 2. The van der Waals surface area contributed by atoms with Gasteiger partial charge in [-0.25, -0.2) is 4.79 Å². The average molecular weight is 265 g/mol. The van der Waals surface area contributed by atoms with Crippen molar-refractivity contribution in [1.29, 1.82) is 0 Å². The summed E-state index contributed by atoms with van der Waals surface area (Å²) in [6.07, 6.45) is 0.338. The van der Waals surface area contributed by atoms with E-state index in [9.17, 15) is 9.59 Å². The summed E-state index contributed by atoms with van der Waals surface area (Å²) >= 11 is 0. The summed E-state index contributed by atoms with van der Waals surface area (Å²) in [6, 6.07) is 4.79. The van der Waals surface area contributed by atoms with E-state index >= 15 is 0 Å². The number of carboxylic acid groups (broad SMARTS) is 1. The molecule has 0 fully saturated rings. The van der Waals surface area contributed by atoms with Gasteiger partial charge in [0.1, 0.15) is 11.8 Å². The van der Waals surface area contributed by atoms with Gasteiger partial charge in [0, 0.05) is 0 Å². The molecular weight excluding hydrogens is 246 g/mol. The zero-order chi connectivity index (χ0) is 14.4. The molecule has 1 aromatic rings. The predicted molar refractivity (Wildman–Crippen MR) is 71.3 cm³/mol. The fraction of sp³-hybridized carbons (Fsp3) is 0.429. The first kappa shape index (κ1) is 15.0. The Labute approximate surface area is 112 Å². The van der Waals surface area contributed by atoms with Crippen LogP contribution in [0.4, 0.5) is 0 Å². The van der Waals surface area contributed by atoms with Crippen molar-refractivity contribution in [3.63, 3.8) is 0 Å². The quantitative estimate of drug-likeness (QED) is 0.820. The minimum Gasteiger partial charge on any atom is -0.484 e. The lowest BCUT2D eigenvalue weighted by Gasteiger charge is -2.13. The summed E-state index contributed by atoms with van der Waals surface area (Å²) in [5, 5.41) is 11.2. The lowest BCUT2D eigenvalue weighted by Crippen LogP contribution is -2.42. The fourth-order valence-electron chi connectivity index (χ4n) is 1.68. The van der Waals surface area contributed by atoms with Crippen molar-refractivity contribution >= 4 is 11.9 Å². The van der Waals surface area contributed by atoms with Crippen LogP contribution in [0.3, 0.4) is 0 Å². The highest BCUT2D eigenvalue weighted by atomic mass is 16.5. The zero-order valence-electron chi connectivity index (χ0n) is 11.4. The number of nitrogens with one attached hydrogen (secondary N) is 1. The molecule has 2 N–H and O–H groups in total. The number of hydrogen-bond donors (Lipinski definition) is 2. The molecule has 104 valence electrons. The van der Waals surface area contributed by atoms with Crippen molar-refractivity contribution in [2.75, 3.05) is 6.61 Å². The van der Waals surface area contributed by atoms with Crippen molar-refractivity contribution in [3.8, 4) is 5.75 Å². The number of aliphatic carboxylic acids is 1. The number of carbonyl (C=O) groups is 2. The standard InChI is InChI=1S/C14H19NO4/c1-4-11(14(17)18)15-13(16)8-19-12-6-5-9(2)7-10(12)3/h5-7,11H,4,8H2,1-3H3,(H,15,16)(H,17,18)/t11-/m0/s1. The number of hydrogen-bond acceptors (Lipinski definition) is 3. The molecule has 0 unspecified atom stereocenters. The smallest absolute Gasteiger partial charge is 0.326 e. The highest BCUT2D eigenvalue weighted by molar-refractivity contribution is 5.84. The number of carbonyl (C=O) groups excluding carboxylic acids is 1. The molecule has 0 saturated carbocycles. The van der Waals surface area contributed by atoms with Crippen LogP contribution in [0, 0.1) is 13.8 Å². The van der Waals surface area contributed by atoms with Gasteiger partial charge in [0.25, 0.3) is 5.91 Å². The minimum atomic E-state index is -1.04. The third kappa shape index (κ3) is 4.62. The molecule has 0 aliphatic carbocycles. The van der Waals surface area contributed by atoms with Crippen LogP contribution in [0.2, 0.25) is 0 Å². The second kappa shape index (κ2) is 6.78. The topological polar surface area (TPSA) is 75.6 Å². The van der Waals surface area contributed by atoms with Crippen molar-refractivity contribution in [2.24, 2.45) is 0 Å². The van der Waals surface area contributed by atoms with Crippen molar-refractivity contribution in [1.82, 2.24) is 5.32 Å². The van der Waals surface area contributed by atoms with E-state index in [4.69, 9.17) is 9.84 Å². The Hall–Kier alpha value is -2.04. The molecule has 0 saturated heterocycles. The summed E-state index contributed by atoms with van der Waals surface area (Å²) in [7, 11) is 0. The lowest BCUT2D eigenvalue weighted by atomic mass is 10.1. The lowest BCUT2D eigenvalue weighted by molar-refractivity contribution is -0.142. The molecule has 0 aliphatic rings. The van der Waals surface area contributed by atoms with Gasteiger partial charge in [-0.3, -0.25) is 4.79 Å². The van der Waals surface area contributed by atoms with Crippen molar-refractivity contribution in [2.45, 2.75) is 33.2 Å². The summed E-state index contributed by atoms with van der Waals surface area (Å²) in [6.45, 7) is 5.38. The van der Waals surface area contributed by atoms with Crippen molar-refractivity contribution < 1.29 is 19.4 Å². The molecule has 1 aromatic carbocycles. The largest absolute Gasteiger partial charge is 0.484 e. The van der Waals surface area contributed by atoms with Gasteiger partial charge in [-0.2, -0.15) is 0 Å². The molecular formula is C14H19NO4.